The van der Waals surface area contributed by atoms with E-state index in [0.29, 0.717) is 24.5 Å². The van der Waals surface area contributed by atoms with Gasteiger partial charge in [-0.3, -0.25) is 9.69 Å². The van der Waals surface area contributed by atoms with E-state index in [-0.39, 0.29) is 5.91 Å². The van der Waals surface area contributed by atoms with Crippen molar-refractivity contribution in [3.63, 3.8) is 0 Å². The number of nitriles is 1. The molecule has 21 heavy (non-hydrogen) atoms. The smallest absolute Gasteiger partial charge is 0.246 e. The van der Waals surface area contributed by atoms with Crippen LogP contribution in [0.15, 0.2) is 30.3 Å². The molecular weight excluding hydrogens is 286 g/mol. The molecule has 0 spiro atoms. The number of hydrogen-bond donors (Lipinski definition) is 0. The van der Waals surface area contributed by atoms with E-state index in [9.17, 15) is 4.79 Å². The molecule has 4 nitrogen and oxygen atoms in total. The summed E-state index contributed by atoms with van der Waals surface area (Å²) in [6, 6.07) is 9.59. The van der Waals surface area contributed by atoms with Crippen molar-refractivity contribution in [1.29, 1.82) is 5.26 Å². The monoisotopic (exact) mass is 303 g/mol. The fourth-order valence-electron chi connectivity index (χ4n) is 2.28. The summed E-state index contributed by atoms with van der Waals surface area (Å²) in [5.41, 5.74) is 0.847. The average Bonchev–Trinajstić information content (AvgIpc) is 2.52. The van der Waals surface area contributed by atoms with Gasteiger partial charge in [-0.1, -0.05) is 29.8 Å². The van der Waals surface area contributed by atoms with Gasteiger partial charge in [0.15, 0.2) is 0 Å². The molecule has 2 rings (SSSR count). The molecule has 0 radical (unpaired) electrons. The number of benzene rings is 1. The van der Waals surface area contributed by atoms with E-state index in [1.807, 2.05) is 23.1 Å². The molecule has 0 aromatic heterocycles. The number of rotatable bonds is 4. The number of carbonyl (C=O) groups excluding carboxylic acids is 1. The van der Waals surface area contributed by atoms with Crippen molar-refractivity contribution in [1.82, 2.24) is 9.80 Å². The number of amides is 1. The fourth-order valence-corrected chi connectivity index (χ4v) is 2.48. The van der Waals surface area contributed by atoms with Crippen LogP contribution < -0.4 is 0 Å². The van der Waals surface area contributed by atoms with Gasteiger partial charge in [0.25, 0.3) is 0 Å². The highest BCUT2D eigenvalue weighted by Gasteiger charge is 2.18. The molecule has 0 saturated carbocycles. The number of halogens is 1. The third kappa shape index (κ3) is 4.59. The Bertz CT molecular complexity index is 557. The second-order valence-electron chi connectivity index (χ2n) is 4.93. The summed E-state index contributed by atoms with van der Waals surface area (Å²) in [5, 5.41) is 9.22. The lowest BCUT2D eigenvalue weighted by molar-refractivity contribution is -0.127. The quantitative estimate of drug-likeness (QED) is 0.803. The average molecular weight is 304 g/mol. The molecule has 1 aromatic carbocycles. The van der Waals surface area contributed by atoms with Gasteiger partial charge in [0.2, 0.25) is 5.91 Å². The third-order valence-corrected chi connectivity index (χ3v) is 3.88. The summed E-state index contributed by atoms with van der Waals surface area (Å²) in [4.78, 5) is 16.2. The van der Waals surface area contributed by atoms with Gasteiger partial charge in [0.1, 0.15) is 0 Å². The Balaban J connectivity index is 1.85. The highest BCUT2D eigenvalue weighted by atomic mass is 35.5. The van der Waals surface area contributed by atoms with Crippen molar-refractivity contribution in [2.24, 2.45) is 0 Å². The predicted molar refractivity (Wildman–Crippen MR) is 83.7 cm³/mol. The highest BCUT2D eigenvalue weighted by Crippen LogP contribution is 2.16. The number of nitrogens with zero attached hydrogens (tertiary/aromatic N) is 3. The Morgan fingerprint density at radius 1 is 1.29 bits per heavy atom. The van der Waals surface area contributed by atoms with Crippen molar-refractivity contribution in [2.45, 2.75) is 6.42 Å². The minimum atomic E-state index is 0.00912. The first-order valence-electron chi connectivity index (χ1n) is 7.01. The summed E-state index contributed by atoms with van der Waals surface area (Å²) >= 11 is 6.05. The first kappa shape index (κ1) is 15.6. The second kappa shape index (κ2) is 7.82. The van der Waals surface area contributed by atoms with E-state index in [4.69, 9.17) is 16.9 Å². The van der Waals surface area contributed by atoms with Crippen molar-refractivity contribution >= 4 is 23.6 Å². The van der Waals surface area contributed by atoms with E-state index in [2.05, 4.69) is 11.0 Å². The van der Waals surface area contributed by atoms with E-state index in [1.165, 1.54) is 0 Å². The van der Waals surface area contributed by atoms with Gasteiger partial charge in [-0.2, -0.15) is 5.26 Å². The zero-order valence-electron chi connectivity index (χ0n) is 11.8. The highest BCUT2D eigenvalue weighted by molar-refractivity contribution is 6.32. The van der Waals surface area contributed by atoms with Gasteiger partial charge in [-0.25, -0.2) is 0 Å². The maximum absolute atomic E-state index is 12.1. The maximum Gasteiger partial charge on any atom is 0.246 e. The summed E-state index contributed by atoms with van der Waals surface area (Å²) in [5.74, 6) is 0.00912. The van der Waals surface area contributed by atoms with Crippen molar-refractivity contribution < 1.29 is 4.79 Å². The van der Waals surface area contributed by atoms with Crippen LogP contribution in [0.1, 0.15) is 12.0 Å². The lowest BCUT2D eigenvalue weighted by Crippen LogP contribution is -2.48. The van der Waals surface area contributed by atoms with Crippen LogP contribution in [0, 0.1) is 11.3 Å². The molecule has 0 aliphatic carbocycles. The van der Waals surface area contributed by atoms with Crippen LogP contribution >= 0.6 is 11.6 Å². The zero-order chi connectivity index (χ0) is 15.1. The summed E-state index contributed by atoms with van der Waals surface area (Å²) in [6.45, 7) is 3.85. The van der Waals surface area contributed by atoms with Crippen LogP contribution in [0.3, 0.4) is 0 Å². The lowest BCUT2D eigenvalue weighted by Gasteiger charge is -2.33. The SMILES string of the molecule is N#CCCN1CCN(C(=O)/C=C/c2ccccc2Cl)CC1. The zero-order valence-corrected chi connectivity index (χ0v) is 12.6. The van der Waals surface area contributed by atoms with Crippen LogP contribution in [0.4, 0.5) is 0 Å². The Labute approximate surface area is 130 Å². The largest absolute Gasteiger partial charge is 0.337 e. The summed E-state index contributed by atoms with van der Waals surface area (Å²) in [6.07, 6.45) is 3.87. The Hall–Kier alpha value is -1.83. The third-order valence-electron chi connectivity index (χ3n) is 3.53. The molecule has 1 saturated heterocycles. The molecule has 0 atom stereocenters. The Morgan fingerprint density at radius 3 is 2.67 bits per heavy atom. The number of piperazine rings is 1. The Morgan fingerprint density at radius 2 is 2.00 bits per heavy atom. The second-order valence-corrected chi connectivity index (χ2v) is 5.34. The van der Waals surface area contributed by atoms with Crippen LogP contribution in [0.25, 0.3) is 6.08 Å². The van der Waals surface area contributed by atoms with Crippen molar-refractivity contribution in [3.8, 4) is 6.07 Å². The molecule has 110 valence electrons. The molecule has 0 bridgehead atoms. The van der Waals surface area contributed by atoms with E-state index < -0.39 is 0 Å². The topological polar surface area (TPSA) is 47.3 Å². The first-order chi connectivity index (χ1) is 10.2. The lowest BCUT2D eigenvalue weighted by atomic mass is 10.2. The van der Waals surface area contributed by atoms with E-state index in [0.717, 1.165) is 25.2 Å². The standard InChI is InChI=1S/C16H18ClN3O/c17-15-5-2-1-4-14(15)6-7-16(21)20-12-10-19(11-13-20)9-3-8-18/h1-2,4-7H,3,9-13H2/b7-6+. The van der Waals surface area contributed by atoms with Crippen LogP contribution in [-0.2, 0) is 4.79 Å². The van der Waals surface area contributed by atoms with Crippen LogP contribution in [0.2, 0.25) is 5.02 Å². The molecule has 5 heteroatoms. The van der Waals surface area contributed by atoms with Gasteiger partial charge >= 0.3 is 0 Å². The molecule has 1 heterocycles. The van der Waals surface area contributed by atoms with Gasteiger partial charge < -0.3 is 4.90 Å². The molecular formula is C16H18ClN3O. The number of hydrogen-bond acceptors (Lipinski definition) is 3. The summed E-state index contributed by atoms with van der Waals surface area (Å²) in [7, 11) is 0. The molecule has 0 N–H and O–H groups in total. The normalized spacial score (nSPS) is 16.1. The first-order valence-corrected chi connectivity index (χ1v) is 7.39. The van der Waals surface area contributed by atoms with Gasteiger partial charge in [0.05, 0.1) is 6.07 Å². The van der Waals surface area contributed by atoms with Crippen molar-refractivity contribution in [2.75, 3.05) is 32.7 Å². The minimum absolute atomic E-state index is 0.00912. The van der Waals surface area contributed by atoms with Crippen LogP contribution in [-0.4, -0.2) is 48.4 Å². The van der Waals surface area contributed by atoms with E-state index in [1.54, 1.807) is 18.2 Å². The van der Waals surface area contributed by atoms with E-state index >= 15 is 0 Å². The Kier molecular flexibility index (Phi) is 5.79. The predicted octanol–water partition coefficient (Wildman–Crippen LogP) is 2.41. The van der Waals surface area contributed by atoms with Gasteiger partial charge in [-0.05, 0) is 17.7 Å². The van der Waals surface area contributed by atoms with Gasteiger partial charge in [0, 0.05) is 50.2 Å². The van der Waals surface area contributed by atoms with Crippen molar-refractivity contribution in [3.05, 3.63) is 40.9 Å². The number of carbonyl (C=O) groups is 1. The van der Waals surface area contributed by atoms with Gasteiger partial charge in [-0.15, -0.1) is 0 Å². The molecule has 1 amide bonds. The molecule has 0 unspecified atom stereocenters. The fraction of sp³-hybridized carbons (Fsp3) is 0.375. The molecule has 1 aromatic rings. The maximum atomic E-state index is 12.1. The minimum Gasteiger partial charge on any atom is -0.337 e. The van der Waals surface area contributed by atoms with Crippen LogP contribution in [0.5, 0.6) is 0 Å². The molecule has 1 aliphatic heterocycles. The summed E-state index contributed by atoms with van der Waals surface area (Å²) < 4.78 is 0. The molecule has 1 fully saturated rings. The molecule has 1 aliphatic rings.